The highest BCUT2D eigenvalue weighted by Gasteiger charge is 2.07. The molecule has 3 rings (SSSR count). The Hall–Kier alpha value is -1.72. The molecule has 2 heterocycles. The first kappa shape index (κ1) is 11.4. The summed E-state index contributed by atoms with van der Waals surface area (Å²) in [6.45, 7) is 0.637. The zero-order valence-electron chi connectivity index (χ0n) is 9.30. The molecule has 0 aliphatic heterocycles. The Bertz CT molecular complexity index is 669. The highest BCUT2D eigenvalue weighted by Crippen LogP contribution is 2.25. The monoisotopic (exact) mass is 276 g/mol. The number of anilines is 1. The predicted octanol–water partition coefficient (Wildman–Crippen LogP) is 3.35. The van der Waals surface area contributed by atoms with Crippen LogP contribution in [0.2, 0.25) is 5.15 Å². The maximum Gasteiger partial charge on any atom is 0.159 e. The van der Waals surface area contributed by atoms with Gasteiger partial charge in [-0.25, -0.2) is 4.98 Å². The Morgan fingerprint density at radius 1 is 1.17 bits per heavy atom. The van der Waals surface area contributed by atoms with E-state index in [4.69, 9.17) is 11.6 Å². The van der Waals surface area contributed by atoms with E-state index >= 15 is 0 Å². The fraction of sp³-hybridized carbons (Fsp3) is 0.0833. The van der Waals surface area contributed by atoms with Crippen molar-refractivity contribution in [2.45, 2.75) is 6.54 Å². The number of rotatable bonds is 3. The zero-order valence-corrected chi connectivity index (χ0v) is 10.9. The first-order valence-corrected chi connectivity index (χ1v) is 6.63. The summed E-state index contributed by atoms with van der Waals surface area (Å²) in [5, 5.41) is 16.5. The molecule has 0 spiro atoms. The van der Waals surface area contributed by atoms with Gasteiger partial charge in [-0.3, -0.25) is 0 Å². The molecular weight excluding hydrogens is 268 g/mol. The molecular formula is C12H9ClN4S. The summed E-state index contributed by atoms with van der Waals surface area (Å²) in [7, 11) is 0. The highest BCUT2D eigenvalue weighted by molar-refractivity contribution is 7.09. The van der Waals surface area contributed by atoms with Crippen LogP contribution in [0.4, 0.5) is 5.82 Å². The van der Waals surface area contributed by atoms with Crippen molar-refractivity contribution in [3.05, 3.63) is 46.0 Å². The lowest BCUT2D eigenvalue weighted by Crippen LogP contribution is -2.03. The van der Waals surface area contributed by atoms with Gasteiger partial charge in [0.15, 0.2) is 11.0 Å². The number of benzene rings is 1. The lowest BCUT2D eigenvalue weighted by atomic mass is 10.2. The van der Waals surface area contributed by atoms with Crippen LogP contribution in [-0.4, -0.2) is 15.2 Å². The van der Waals surface area contributed by atoms with E-state index < -0.39 is 0 Å². The van der Waals surface area contributed by atoms with Crippen molar-refractivity contribution in [3.8, 4) is 0 Å². The normalized spacial score (nSPS) is 10.7. The Morgan fingerprint density at radius 3 is 2.78 bits per heavy atom. The van der Waals surface area contributed by atoms with Crippen LogP contribution >= 0.6 is 22.9 Å². The fourth-order valence-corrected chi connectivity index (χ4v) is 2.46. The lowest BCUT2D eigenvalue weighted by molar-refractivity contribution is 1.01. The minimum absolute atomic E-state index is 0.422. The van der Waals surface area contributed by atoms with E-state index in [-0.39, 0.29) is 0 Å². The topological polar surface area (TPSA) is 50.7 Å². The van der Waals surface area contributed by atoms with Crippen LogP contribution in [0.15, 0.2) is 35.8 Å². The van der Waals surface area contributed by atoms with Gasteiger partial charge in [-0.15, -0.1) is 21.5 Å². The molecule has 0 fully saturated rings. The molecule has 4 nitrogen and oxygen atoms in total. The highest BCUT2D eigenvalue weighted by atomic mass is 35.5. The van der Waals surface area contributed by atoms with Crippen LogP contribution in [0.5, 0.6) is 0 Å². The average Bonchev–Trinajstić information content (AvgIpc) is 2.92. The van der Waals surface area contributed by atoms with Crippen molar-refractivity contribution in [3.63, 3.8) is 0 Å². The van der Waals surface area contributed by atoms with E-state index in [1.54, 1.807) is 17.5 Å². The number of aromatic nitrogens is 3. The quantitative estimate of drug-likeness (QED) is 0.797. The van der Waals surface area contributed by atoms with Gasteiger partial charge >= 0.3 is 0 Å². The summed E-state index contributed by atoms with van der Waals surface area (Å²) < 4.78 is 0. The second-order valence-corrected chi connectivity index (χ2v) is 5.00. The number of halogens is 1. The first-order valence-electron chi connectivity index (χ1n) is 5.38. The van der Waals surface area contributed by atoms with E-state index in [1.807, 2.05) is 29.6 Å². The summed E-state index contributed by atoms with van der Waals surface area (Å²) in [6.07, 6.45) is 1.79. The molecule has 0 amide bonds. The van der Waals surface area contributed by atoms with Gasteiger partial charge < -0.3 is 5.32 Å². The van der Waals surface area contributed by atoms with Gasteiger partial charge in [-0.2, -0.15) is 0 Å². The van der Waals surface area contributed by atoms with Crippen molar-refractivity contribution in [1.29, 1.82) is 0 Å². The maximum absolute atomic E-state index is 6.02. The fourth-order valence-electron chi connectivity index (χ4n) is 1.70. The molecule has 3 aromatic rings. The van der Waals surface area contributed by atoms with Crippen LogP contribution in [0, 0.1) is 0 Å². The number of nitrogens with zero attached hydrogens (tertiary/aromatic N) is 3. The van der Waals surface area contributed by atoms with Gasteiger partial charge in [0.2, 0.25) is 0 Å². The SMILES string of the molecule is Clc1nnc(NCc2nccs2)c2ccccc12. The summed E-state index contributed by atoms with van der Waals surface area (Å²) in [5.74, 6) is 0.727. The maximum atomic E-state index is 6.02. The van der Waals surface area contributed by atoms with Crippen molar-refractivity contribution >= 4 is 39.5 Å². The van der Waals surface area contributed by atoms with Crippen LogP contribution in [0.1, 0.15) is 5.01 Å². The smallest absolute Gasteiger partial charge is 0.159 e. The van der Waals surface area contributed by atoms with Gasteiger partial charge in [0, 0.05) is 22.3 Å². The molecule has 0 unspecified atom stereocenters. The first-order chi connectivity index (χ1) is 8.84. The molecule has 1 N–H and O–H groups in total. The molecule has 1 aromatic carbocycles. The molecule has 0 aliphatic carbocycles. The van der Waals surface area contributed by atoms with Gasteiger partial charge in [0.25, 0.3) is 0 Å². The standard InChI is InChI=1S/C12H9ClN4S/c13-11-8-3-1-2-4-9(8)12(17-16-11)15-7-10-14-5-6-18-10/h1-6H,7H2,(H,15,17). The van der Waals surface area contributed by atoms with Gasteiger partial charge in [0.1, 0.15) is 5.01 Å². The molecule has 0 aliphatic rings. The average molecular weight is 277 g/mol. The van der Waals surface area contributed by atoms with E-state index in [1.165, 1.54) is 0 Å². The second-order valence-electron chi connectivity index (χ2n) is 3.66. The third kappa shape index (κ3) is 2.14. The van der Waals surface area contributed by atoms with E-state index in [2.05, 4.69) is 20.5 Å². The van der Waals surface area contributed by atoms with E-state index in [0.29, 0.717) is 11.7 Å². The molecule has 2 aromatic heterocycles. The number of fused-ring (bicyclic) bond motifs is 1. The Kier molecular flexibility index (Phi) is 3.08. The molecule has 0 bridgehead atoms. The van der Waals surface area contributed by atoms with Crippen molar-refractivity contribution < 1.29 is 0 Å². The Labute approximate surface area is 113 Å². The third-order valence-corrected chi connectivity index (χ3v) is 3.59. The van der Waals surface area contributed by atoms with Gasteiger partial charge in [-0.05, 0) is 0 Å². The summed E-state index contributed by atoms with van der Waals surface area (Å²) in [4.78, 5) is 4.21. The molecule has 0 saturated heterocycles. The van der Waals surface area contributed by atoms with Crippen molar-refractivity contribution in [1.82, 2.24) is 15.2 Å². The van der Waals surface area contributed by atoms with Gasteiger partial charge in [0.05, 0.1) is 6.54 Å². The van der Waals surface area contributed by atoms with Gasteiger partial charge in [-0.1, -0.05) is 35.9 Å². The number of nitrogens with one attached hydrogen (secondary N) is 1. The number of hydrogen-bond acceptors (Lipinski definition) is 5. The minimum Gasteiger partial charge on any atom is -0.362 e. The molecule has 0 radical (unpaired) electrons. The Morgan fingerprint density at radius 2 is 2.00 bits per heavy atom. The predicted molar refractivity (Wildman–Crippen MR) is 74.0 cm³/mol. The molecule has 0 atom stereocenters. The second kappa shape index (κ2) is 4.88. The zero-order chi connectivity index (χ0) is 12.4. The van der Waals surface area contributed by atoms with Crippen LogP contribution < -0.4 is 5.32 Å². The third-order valence-electron chi connectivity index (χ3n) is 2.53. The summed E-state index contributed by atoms with van der Waals surface area (Å²) in [5.41, 5.74) is 0. The summed E-state index contributed by atoms with van der Waals surface area (Å²) in [6, 6.07) is 7.79. The lowest BCUT2D eigenvalue weighted by Gasteiger charge is -2.07. The minimum atomic E-state index is 0.422. The number of thiazole rings is 1. The van der Waals surface area contributed by atoms with Crippen molar-refractivity contribution in [2.24, 2.45) is 0 Å². The van der Waals surface area contributed by atoms with Crippen LogP contribution in [-0.2, 0) is 6.54 Å². The molecule has 0 saturated carbocycles. The molecule has 18 heavy (non-hydrogen) atoms. The number of hydrogen-bond donors (Lipinski definition) is 1. The molecule has 6 heteroatoms. The van der Waals surface area contributed by atoms with E-state index in [0.717, 1.165) is 21.6 Å². The summed E-state index contributed by atoms with van der Waals surface area (Å²) >= 11 is 7.62. The van der Waals surface area contributed by atoms with Crippen LogP contribution in [0.3, 0.4) is 0 Å². The molecule has 90 valence electrons. The van der Waals surface area contributed by atoms with E-state index in [9.17, 15) is 0 Å². The largest absolute Gasteiger partial charge is 0.362 e. The Balaban J connectivity index is 1.94. The van der Waals surface area contributed by atoms with Crippen LogP contribution in [0.25, 0.3) is 10.8 Å². The van der Waals surface area contributed by atoms with Crippen molar-refractivity contribution in [2.75, 3.05) is 5.32 Å².